The highest BCUT2D eigenvalue weighted by molar-refractivity contribution is 6.04. The van der Waals surface area contributed by atoms with Crippen molar-refractivity contribution in [3.05, 3.63) is 52.7 Å². The summed E-state index contributed by atoms with van der Waals surface area (Å²) in [5, 5.41) is 2.97. The highest BCUT2D eigenvalue weighted by Crippen LogP contribution is 2.22. The number of aromatic nitrogens is 1. The Bertz CT molecular complexity index is 739. The molecule has 0 unspecified atom stereocenters. The van der Waals surface area contributed by atoms with Crippen LogP contribution in [0.3, 0.4) is 0 Å². The minimum absolute atomic E-state index is 0.185. The lowest BCUT2D eigenvalue weighted by atomic mass is 10.0. The minimum Gasteiger partial charge on any atom is -0.475 e. The number of carbonyl (C=O) groups is 1. The number of hydrogen-bond acceptors (Lipinski definition) is 4. The van der Waals surface area contributed by atoms with Gasteiger partial charge in [0, 0.05) is 18.0 Å². The lowest BCUT2D eigenvalue weighted by Gasteiger charge is -2.19. The van der Waals surface area contributed by atoms with Crippen LogP contribution >= 0.6 is 0 Å². The highest BCUT2D eigenvalue weighted by Gasteiger charge is 2.12. The molecule has 2 rings (SSSR count). The van der Waals surface area contributed by atoms with E-state index < -0.39 is 0 Å². The number of anilines is 1. The average Bonchev–Trinajstić information content (AvgIpc) is 2.54. The van der Waals surface area contributed by atoms with Gasteiger partial charge in [-0.2, -0.15) is 0 Å². The van der Waals surface area contributed by atoms with Crippen LogP contribution in [0, 0.1) is 20.8 Å². The van der Waals surface area contributed by atoms with E-state index in [1.165, 1.54) is 11.8 Å². The molecule has 1 heterocycles. The Kier molecular flexibility index (Phi) is 6.37. The highest BCUT2D eigenvalue weighted by atomic mass is 16.5. The zero-order chi connectivity index (χ0) is 19.3. The topological polar surface area (TPSA) is 60.5 Å². The van der Waals surface area contributed by atoms with Crippen LogP contribution in [-0.2, 0) is 4.74 Å². The molecule has 5 nitrogen and oxygen atoms in total. The number of aryl methyl sites for hydroxylation is 3. The number of carbonyl (C=O) groups excluding carboxylic acids is 1. The van der Waals surface area contributed by atoms with E-state index in [2.05, 4.69) is 22.4 Å². The molecule has 1 aromatic heterocycles. The van der Waals surface area contributed by atoms with Crippen LogP contribution in [0.25, 0.3) is 0 Å². The van der Waals surface area contributed by atoms with Gasteiger partial charge in [-0.1, -0.05) is 17.7 Å². The van der Waals surface area contributed by atoms with Crippen LogP contribution in [0.5, 0.6) is 5.88 Å². The Hall–Kier alpha value is -2.40. The summed E-state index contributed by atoms with van der Waals surface area (Å²) in [6.45, 7) is 12.9. The maximum Gasteiger partial charge on any atom is 0.257 e. The van der Waals surface area contributed by atoms with Crippen molar-refractivity contribution < 1.29 is 14.3 Å². The molecule has 26 heavy (non-hydrogen) atoms. The van der Waals surface area contributed by atoms with Crippen molar-refractivity contribution in [2.75, 3.05) is 18.5 Å². The van der Waals surface area contributed by atoms with Crippen molar-refractivity contribution >= 4 is 11.6 Å². The van der Waals surface area contributed by atoms with Crippen molar-refractivity contribution in [2.24, 2.45) is 0 Å². The van der Waals surface area contributed by atoms with E-state index in [4.69, 9.17) is 9.47 Å². The van der Waals surface area contributed by atoms with Gasteiger partial charge in [0.2, 0.25) is 5.88 Å². The first-order valence-corrected chi connectivity index (χ1v) is 8.78. The van der Waals surface area contributed by atoms with Crippen molar-refractivity contribution in [1.82, 2.24) is 4.98 Å². The summed E-state index contributed by atoms with van der Waals surface area (Å²) in [6, 6.07) is 7.51. The van der Waals surface area contributed by atoms with E-state index in [1.807, 2.05) is 41.5 Å². The first kappa shape index (κ1) is 19.9. The van der Waals surface area contributed by atoms with Gasteiger partial charge < -0.3 is 14.8 Å². The van der Waals surface area contributed by atoms with Gasteiger partial charge in [0.1, 0.15) is 6.61 Å². The van der Waals surface area contributed by atoms with Crippen LogP contribution in [-0.4, -0.2) is 29.7 Å². The number of nitrogens with one attached hydrogen (secondary N) is 1. The molecule has 2 aromatic rings. The smallest absolute Gasteiger partial charge is 0.257 e. The second-order valence-corrected chi connectivity index (χ2v) is 7.42. The normalized spacial score (nSPS) is 11.3. The standard InChI is InChI=1S/C21H28N2O3/c1-14-11-15(2)19(16(3)12-14)23-20(24)17-7-8-18(22-13-17)25-9-10-26-21(4,5)6/h7-8,11-13H,9-10H2,1-6H3,(H,23,24). The molecule has 1 amide bonds. The maximum atomic E-state index is 12.5. The van der Waals surface area contributed by atoms with Crippen LogP contribution in [0.1, 0.15) is 47.8 Å². The third-order valence-electron chi connectivity index (χ3n) is 3.78. The third kappa shape index (κ3) is 5.85. The SMILES string of the molecule is Cc1cc(C)c(NC(=O)c2ccc(OCCOC(C)(C)C)nc2)c(C)c1. The third-order valence-corrected chi connectivity index (χ3v) is 3.78. The quantitative estimate of drug-likeness (QED) is 0.777. The molecule has 0 saturated carbocycles. The number of pyridine rings is 1. The van der Waals surface area contributed by atoms with Crippen molar-refractivity contribution in [3.63, 3.8) is 0 Å². The fourth-order valence-corrected chi connectivity index (χ4v) is 2.66. The molecule has 0 aliphatic carbocycles. The Morgan fingerprint density at radius 1 is 1.08 bits per heavy atom. The molecule has 1 N–H and O–H groups in total. The average molecular weight is 356 g/mol. The Morgan fingerprint density at radius 2 is 1.73 bits per heavy atom. The fraction of sp³-hybridized carbons (Fsp3) is 0.429. The molecule has 0 fully saturated rings. The second kappa shape index (κ2) is 8.32. The summed E-state index contributed by atoms with van der Waals surface area (Å²) >= 11 is 0. The first-order chi connectivity index (χ1) is 12.2. The van der Waals surface area contributed by atoms with Gasteiger partial charge in [-0.3, -0.25) is 4.79 Å². The largest absolute Gasteiger partial charge is 0.475 e. The summed E-state index contributed by atoms with van der Waals surface area (Å²) in [4.78, 5) is 16.7. The summed E-state index contributed by atoms with van der Waals surface area (Å²) in [5.41, 5.74) is 4.41. The Balaban J connectivity index is 1.95. The summed E-state index contributed by atoms with van der Waals surface area (Å²) < 4.78 is 11.1. The molecule has 140 valence electrons. The van der Waals surface area contributed by atoms with E-state index in [0.717, 1.165) is 16.8 Å². The van der Waals surface area contributed by atoms with E-state index in [9.17, 15) is 4.79 Å². The zero-order valence-electron chi connectivity index (χ0n) is 16.5. The van der Waals surface area contributed by atoms with Gasteiger partial charge in [-0.05, 0) is 58.7 Å². The molecule has 0 saturated heterocycles. The minimum atomic E-state index is -0.190. The lowest BCUT2D eigenvalue weighted by molar-refractivity contribution is -0.0168. The van der Waals surface area contributed by atoms with Gasteiger partial charge in [0.05, 0.1) is 17.8 Å². The van der Waals surface area contributed by atoms with Gasteiger partial charge in [0.25, 0.3) is 5.91 Å². The molecule has 0 aliphatic rings. The molecular formula is C21H28N2O3. The second-order valence-electron chi connectivity index (χ2n) is 7.42. The van der Waals surface area contributed by atoms with Gasteiger partial charge in [-0.25, -0.2) is 4.98 Å². The molecule has 0 spiro atoms. The molecule has 0 atom stereocenters. The van der Waals surface area contributed by atoms with E-state index in [1.54, 1.807) is 12.1 Å². The van der Waals surface area contributed by atoms with Crippen molar-refractivity contribution in [1.29, 1.82) is 0 Å². The molecule has 0 aliphatic heterocycles. The summed E-state index contributed by atoms with van der Waals surface area (Å²) in [7, 11) is 0. The number of nitrogens with zero attached hydrogens (tertiary/aromatic N) is 1. The number of hydrogen-bond donors (Lipinski definition) is 1. The molecule has 0 radical (unpaired) electrons. The van der Waals surface area contributed by atoms with Gasteiger partial charge in [-0.15, -0.1) is 0 Å². The predicted molar refractivity (Wildman–Crippen MR) is 104 cm³/mol. The fourth-order valence-electron chi connectivity index (χ4n) is 2.66. The summed E-state index contributed by atoms with van der Waals surface area (Å²) in [5.74, 6) is 0.289. The number of ether oxygens (including phenoxy) is 2. The molecular weight excluding hydrogens is 328 g/mol. The predicted octanol–water partition coefficient (Wildman–Crippen LogP) is 4.45. The molecule has 5 heteroatoms. The van der Waals surface area contributed by atoms with Crippen LogP contribution in [0.2, 0.25) is 0 Å². The van der Waals surface area contributed by atoms with E-state index >= 15 is 0 Å². The zero-order valence-corrected chi connectivity index (χ0v) is 16.5. The number of benzene rings is 1. The first-order valence-electron chi connectivity index (χ1n) is 8.78. The number of rotatable bonds is 6. The summed E-state index contributed by atoms with van der Waals surface area (Å²) in [6.07, 6.45) is 1.52. The van der Waals surface area contributed by atoms with Crippen LogP contribution in [0.15, 0.2) is 30.5 Å². The van der Waals surface area contributed by atoms with E-state index in [-0.39, 0.29) is 11.5 Å². The monoisotopic (exact) mass is 356 g/mol. The van der Waals surface area contributed by atoms with Crippen LogP contribution in [0.4, 0.5) is 5.69 Å². The van der Waals surface area contributed by atoms with Crippen LogP contribution < -0.4 is 10.1 Å². The van der Waals surface area contributed by atoms with Crippen molar-refractivity contribution in [3.8, 4) is 5.88 Å². The molecule has 0 bridgehead atoms. The maximum absolute atomic E-state index is 12.5. The molecule has 1 aromatic carbocycles. The Labute approximate surface area is 155 Å². The lowest BCUT2D eigenvalue weighted by Crippen LogP contribution is -2.22. The van der Waals surface area contributed by atoms with Gasteiger partial charge >= 0.3 is 0 Å². The number of amides is 1. The van der Waals surface area contributed by atoms with E-state index in [0.29, 0.717) is 24.7 Å². The van der Waals surface area contributed by atoms with Crippen molar-refractivity contribution in [2.45, 2.75) is 47.1 Å². The Morgan fingerprint density at radius 3 is 2.27 bits per heavy atom. The van der Waals surface area contributed by atoms with Gasteiger partial charge in [0.15, 0.2) is 0 Å².